The molecule has 0 spiro atoms. The van der Waals surface area contributed by atoms with E-state index in [1.165, 1.54) is 6.26 Å². The molecule has 0 bridgehead atoms. The van der Waals surface area contributed by atoms with E-state index >= 15 is 0 Å². The van der Waals surface area contributed by atoms with E-state index in [0.717, 1.165) is 48.9 Å². The lowest BCUT2D eigenvalue weighted by Gasteiger charge is -2.34. The second kappa shape index (κ2) is 8.36. The number of carbonyl (C=O) groups is 1. The molecule has 1 aromatic carbocycles. The number of ether oxygens (including phenoxy) is 1. The van der Waals surface area contributed by atoms with Gasteiger partial charge in [0.2, 0.25) is 0 Å². The van der Waals surface area contributed by atoms with Crippen molar-refractivity contribution in [1.29, 1.82) is 0 Å². The smallest absolute Gasteiger partial charge is 0.258 e. The van der Waals surface area contributed by atoms with Crippen molar-refractivity contribution in [1.82, 2.24) is 9.88 Å². The van der Waals surface area contributed by atoms with Crippen molar-refractivity contribution in [3.8, 4) is 17.1 Å². The van der Waals surface area contributed by atoms with Crippen molar-refractivity contribution >= 4 is 17.3 Å². The van der Waals surface area contributed by atoms with Gasteiger partial charge >= 0.3 is 0 Å². The lowest BCUT2D eigenvalue weighted by Crippen LogP contribution is -2.44. The summed E-state index contributed by atoms with van der Waals surface area (Å²) in [5.41, 5.74) is 3.05. The highest BCUT2D eigenvalue weighted by atomic mass is 16.5. The van der Waals surface area contributed by atoms with Crippen LogP contribution in [0, 0.1) is 0 Å². The van der Waals surface area contributed by atoms with Crippen molar-refractivity contribution in [3.63, 3.8) is 0 Å². The number of amides is 1. The average molecular weight is 392 g/mol. The Bertz CT molecular complexity index is 979. The molecule has 0 aliphatic carbocycles. The Morgan fingerprint density at radius 3 is 2.59 bits per heavy atom. The third-order valence-electron chi connectivity index (χ3n) is 5.11. The van der Waals surface area contributed by atoms with Crippen LogP contribution >= 0.6 is 0 Å². The number of rotatable bonds is 5. The minimum atomic E-state index is -0.219. The summed E-state index contributed by atoms with van der Waals surface area (Å²) in [6.07, 6.45) is 4.85. The van der Waals surface area contributed by atoms with Gasteiger partial charge < -0.3 is 24.3 Å². The topological polar surface area (TPSA) is 70.8 Å². The lowest BCUT2D eigenvalue weighted by molar-refractivity contribution is 0.102. The van der Waals surface area contributed by atoms with Gasteiger partial charge in [-0.05, 0) is 43.4 Å². The average Bonchev–Trinajstić information content (AvgIpc) is 3.25. The van der Waals surface area contributed by atoms with E-state index in [1.54, 1.807) is 25.6 Å². The van der Waals surface area contributed by atoms with Gasteiger partial charge in [-0.3, -0.25) is 9.78 Å². The number of carbonyl (C=O) groups excluding carboxylic acids is 1. The number of pyridine rings is 1. The van der Waals surface area contributed by atoms with E-state index in [0.29, 0.717) is 11.3 Å². The molecule has 2 aromatic heterocycles. The van der Waals surface area contributed by atoms with E-state index in [1.807, 2.05) is 30.3 Å². The first-order chi connectivity index (χ1) is 14.1. The summed E-state index contributed by atoms with van der Waals surface area (Å²) in [7, 11) is 3.79. The molecule has 4 rings (SSSR count). The zero-order valence-corrected chi connectivity index (χ0v) is 16.6. The van der Waals surface area contributed by atoms with Crippen LogP contribution in [0.2, 0.25) is 0 Å². The van der Waals surface area contributed by atoms with Crippen LogP contribution < -0.4 is 15.0 Å². The Balaban J connectivity index is 1.51. The van der Waals surface area contributed by atoms with Crippen molar-refractivity contribution in [2.75, 3.05) is 50.6 Å². The maximum atomic E-state index is 12.7. The zero-order valence-electron chi connectivity index (χ0n) is 16.6. The Kier molecular flexibility index (Phi) is 5.48. The van der Waals surface area contributed by atoms with Crippen LogP contribution in [0.5, 0.6) is 5.75 Å². The van der Waals surface area contributed by atoms with Crippen LogP contribution in [0.3, 0.4) is 0 Å². The van der Waals surface area contributed by atoms with Gasteiger partial charge in [0.05, 0.1) is 18.4 Å². The fraction of sp³-hybridized carbons (Fsp3) is 0.273. The van der Waals surface area contributed by atoms with E-state index in [2.05, 4.69) is 27.1 Å². The van der Waals surface area contributed by atoms with Crippen LogP contribution in [0.25, 0.3) is 11.3 Å². The predicted molar refractivity (Wildman–Crippen MR) is 113 cm³/mol. The van der Waals surface area contributed by atoms with Crippen molar-refractivity contribution in [2.24, 2.45) is 0 Å². The molecule has 29 heavy (non-hydrogen) atoms. The fourth-order valence-electron chi connectivity index (χ4n) is 3.39. The Morgan fingerprint density at radius 2 is 1.86 bits per heavy atom. The van der Waals surface area contributed by atoms with Gasteiger partial charge in [-0.15, -0.1) is 0 Å². The van der Waals surface area contributed by atoms with E-state index in [-0.39, 0.29) is 5.91 Å². The number of hydrogen-bond acceptors (Lipinski definition) is 6. The Labute approximate surface area is 169 Å². The van der Waals surface area contributed by atoms with Crippen LogP contribution in [-0.2, 0) is 0 Å². The highest BCUT2D eigenvalue weighted by molar-refractivity contribution is 6.05. The molecule has 1 aliphatic rings. The summed E-state index contributed by atoms with van der Waals surface area (Å²) in [5.74, 6) is 1.21. The summed E-state index contributed by atoms with van der Waals surface area (Å²) >= 11 is 0. The van der Waals surface area contributed by atoms with Gasteiger partial charge in [-0.1, -0.05) is 0 Å². The Morgan fingerprint density at radius 1 is 1.10 bits per heavy atom. The fourth-order valence-corrected chi connectivity index (χ4v) is 3.39. The quantitative estimate of drug-likeness (QED) is 0.718. The lowest BCUT2D eigenvalue weighted by atomic mass is 10.2. The number of likely N-dealkylation sites (N-methyl/N-ethyl adjacent to an activating group) is 1. The van der Waals surface area contributed by atoms with Crippen molar-refractivity contribution in [2.45, 2.75) is 0 Å². The molecular weight excluding hydrogens is 368 g/mol. The second-order valence-electron chi connectivity index (χ2n) is 7.07. The maximum absolute atomic E-state index is 12.7. The third-order valence-corrected chi connectivity index (χ3v) is 5.11. The number of hydrogen-bond donors (Lipinski definition) is 1. The van der Waals surface area contributed by atoms with Gasteiger partial charge in [0.25, 0.3) is 5.91 Å². The summed E-state index contributed by atoms with van der Waals surface area (Å²) in [4.78, 5) is 21.3. The first-order valence-electron chi connectivity index (χ1n) is 9.56. The number of anilines is 2. The van der Waals surface area contributed by atoms with Crippen LogP contribution in [0.1, 0.15) is 10.4 Å². The molecule has 3 aromatic rings. The molecule has 0 atom stereocenters. The number of aromatic nitrogens is 1. The van der Waals surface area contributed by atoms with Gasteiger partial charge in [-0.2, -0.15) is 0 Å². The molecule has 1 N–H and O–H groups in total. The zero-order chi connectivity index (χ0) is 20.2. The second-order valence-corrected chi connectivity index (χ2v) is 7.07. The predicted octanol–water partition coefficient (Wildman–Crippen LogP) is 3.35. The summed E-state index contributed by atoms with van der Waals surface area (Å²) in [6.45, 7) is 3.82. The maximum Gasteiger partial charge on any atom is 0.258 e. The summed E-state index contributed by atoms with van der Waals surface area (Å²) in [6, 6.07) is 11.1. The standard InChI is InChI=1S/C22H24N4O3/c1-25-9-11-26(12-10-25)19-14-18(3-4-20(19)28-2)24-22(27)17-13-21(29-15-17)16-5-7-23-8-6-16/h3-8,13-15H,9-12H2,1-2H3,(H,24,27). The minimum Gasteiger partial charge on any atom is -0.495 e. The molecule has 0 radical (unpaired) electrons. The molecule has 7 nitrogen and oxygen atoms in total. The first-order valence-corrected chi connectivity index (χ1v) is 9.56. The monoisotopic (exact) mass is 392 g/mol. The normalized spacial score (nSPS) is 14.6. The molecule has 1 saturated heterocycles. The number of nitrogens with one attached hydrogen (secondary N) is 1. The highest BCUT2D eigenvalue weighted by Gasteiger charge is 2.19. The molecule has 1 aliphatic heterocycles. The van der Waals surface area contributed by atoms with Gasteiger partial charge in [0.15, 0.2) is 0 Å². The van der Waals surface area contributed by atoms with Gasteiger partial charge in [0.1, 0.15) is 17.8 Å². The molecule has 7 heteroatoms. The minimum absolute atomic E-state index is 0.219. The molecule has 150 valence electrons. The summed E-state index contributed by atoms with van der Waals surface area (Å²) in [5, 5.41) is 2.96. The third kappa shape index (κ3) is 4.25. The van der Waals surface area contributed by atoms with Crippen LogP contribution in [0.4, 0.5) is 11.4 Å². The van der Waals surface area contributed by atoms with Crippen molar-refractivity contribution in [3.05, 3.63) is 60.6 Å². The molecule has 0 saturated carbocycles. The highest BCUT2D eigenvalue weighted by Crippen LogP contribution is 2.32. The number of furan rings is 1. The Hall–Kier alpha value is -3.32. The van der Waals surface area contributed by atoms with E-state index in [4.69, 9.17) is 9.15 Å². The molecular formula is C22H24N4O3. The first kappa shape index (κ1) is 19.0. The van der Waals surface area contributed by atoms with Gasteiger partial charge in [0, 0.05) is 49.8 Å². The largest absolute Gasteiger partial charge is 0.495 e. The molecule has 3 heterocycles. The van der Waals surface area contributed by atoms with Crippen molar-refractivity contribution < 1.29 is 13.9 Å². The number of nitrogens with zero attached hydrogens (tertiary/aromatic N) is 3. The van der Waals surface area contributed by atoms with E-state index in [9.17, 15) is 4.79 Å². The molecule has 1 fully saturated rings. The summed E-state index contributed by atoms with van der Waals surface area (Å²) < 4.78 is 11.1. The number of piperazine rings is 1. The number of benzene rings is 1. The van der Waals surface area contributed by atoms with E-state index < -0.39 is 0 Å². The van der Waals surface area contributed by atoms with Crippen LogP contribution in [0.15, 0.2) is 59.5 Å². The molecule has 1 amide bonds. The molecule has 0 unspecified atom stereocenters. The number of methoxy groups -OCH3 is 1. The van der Waals surface area contributed by atoms with Crippen LogP contribution in [-0.4, -0.2) is 56.1 Å². The van der Waals surface area contributed by atoms with Gasteiger partial charge in [-0.25, -0.2) is 0 Å². The SMILES string of the molecule is COc1ccc(NC(=O)c2coc(-c3ccncc3)c2)cc1N1CCN(C)CC1.